The van der Waals surface area contributed by atoms with E-state index in [1.54, 1.807) is 7.11 Å². The van der Waals surface area contributed by atoms with Gasteiger partial charge in [-0.2, -0.15) is 0 Å². The van der Waals surface area contributed by atoms with Gasteiger partial charge in [0.1, 0.15) is 5.82 Å². The van der Waals surface area contributed by atoms with Crippen molar-refractivity contribution in [3.05, 3.63) is 47.5 Å². The predicted molar refractivity (Wildman–Crippen MR) is 73.1 cm³/mol. The predicted octanol–water partition coefficient (Wildman–Crippen LogP) is 1.28. The highest BCUT2D eigenvalue weighted by Gasteiger charge is 2.03. The summed E-state index contributed by atoms with van der Waals surface area (Å²) in [6, 6.07) is 11.8. The quantitative estimate of drug-likeness (QED) is 0.752. The maximum atomic E-state index is 5.19. The van der Waals surface area contributed by atoms with Crippen molar-refractivity contribution in [2.75, 3.05) is 12.4 Å². The molecule has 0 unspecified atom stereocenters. The Morgan fingerprint density at radius 2 is 2.00 bits per heavy atom. The van der Waals surface area contributed by atoms with Crippen LogP contribution in [0, 0.1) is 0 Å². The average Bonchev–Trinajstić information content (AvgIpc) is 2.94. The van der Waals surface area contributed by atoms with Crippen molar-refractivity contribution in [3.8, 4) is 0 Å². The minimum atomic E-state index is 0.595. The van der Waals surface area contributed by atoms with E-state index in [0.717, 1.165) is 11.4 Å². The first-order valence-electron chi connectivity index (χ1n) is 6.22. The molecule has 2 aromatic heterocycles. The Labute approximate surface area is 115 Å². The van der Waals surface area contributed by atoms with Crippen LogP contribution in [0.1, 0.15) is 11.1 Å². The lowest BCUT2D eigenvalue weighted by Gasteiger charge is -2.10. The van der Waals surface area contributed by atoms with Gasteiger partial charge in [0, 0.05) is 13.7 Å². The Morgan fingerprint density at radius 1 is 1.15 bits per heavy atom. The zero-order valence-electron chi connectivity index (χ0n) is 11.0. The highest BCUT2D eigenvalue weighted by Crippen LogP contribution is 2.12. The van der Waals surface area contributed by atoms with Gasteiger partial charge in [0.25, 0.3) is 0 Å². The molecule has 0 fully saturated rings. The maximum absolute atomic E-state index is 5.19. The van der Waals surface area contributed by atoms with E-state index in [0.29, 0.717) is 18.8 Å². The van der Waals surface area contributed by atoms with Crippen molar-refractivity contribution in [3.63, 3.8) is 0 Å². The lowest BCUT2D eigenvalue weighted by atomic mass is 10.1. The summed E-state index contributed by atoms with van der Waals surface area (Å²) in [5.41, 5.74) is 2.95. The Hall–Kier alpha value is -2.54. The van der Waals surface area contributed by atoms with E-state index in [4.69, 9.17) is 4.74 Å². The molecule has 2 heterocycles. The molecule has 0 aliphatic rings. The Bertz CT molecular complexity index is 711. The van der Waals surface area contributed by atoms with Crippen LogP contribution in [0.2, 0.25) is 0 Å². The molecule has 1 aromatic carbocycles. The SMILES string of the molecule is COCc1ccccc1CNc1ccc2nnnn2n1. The van der Waals surface area contributed by atoms with Crippen molar-refractivity contribution in [1.29, 1.82) is 0 Å². The summed E-state index contributed by atoms with van der Waals surface area (Å²) in [7, 11) is 1.69. The molecule has 0 aliphatic heterocycles. The normalized spacial score (nSPS) is 10.8. The number of nitrogens with zero attached hydrogens (tertiary/aromatic N) is 5. The molecule has 3 rings (SSSR count). The number of rotatable bonds is 5. The number of nitrogens with one attached hydrogen (secondary N) is 1. The summed E-state index contributed by atoms with van der Waals surface area (Å²) in [6.45, 7) is 1.26. The molecular weight excluding hydrogens is 256 g/mol. The molecular formula is C13H14N6O. The molecule has 0 aliphatic carbocycles. The first-order valence-corrected chi connectivity index (χ1v) is 6.22. The van der Waals surface area contributed by atoms with Crippen LogP contribution >= 0.6 is 0 Å². The summed E-state index contributed by atoms with van der Waals surface area (Å²) < 4.78 is 6.59. The fourth-order valence-corrected chi connectivity index (χ4v) is 1.96. The molecule has 0 atom stereocenters. The molecule has 0 saturated heterocycles. The van der Waals surface area contributed by atoms with E-state index in [9.17, 15) is 0 Å². The van der Waals surface area contributed by atoms with Crippen molar-refractivity contribution in [2.24, 2.45) is 0 Å². The van der Waals surface area contributed by atoms with Gasteiger partial charge < -0.3 is 10.1 Å². The second-order valence-electron chi connectivity index (χ2n) is 4.30. The van der Waals surface area contributed by atoms with E-state index in [1.165, 1.54) is 10.2 Å². The van der Waals surface area contributed by atoms with Crippen LogP contribution in [-0.4, -0.2) is 32.4 Å². The topological polar surface area (TPSA) is 77.2 Å². The Balaban J connectivity index is 1.75. The second-order valence-corrected chi connectivity index (χ2v) is 4.30. The molecule has 3 aromatic rings. The van der Waals surface area contributed by atoms with Crippen molar-refractivity contribution in [2.45, 2.75) is 13.2 Å². The maximum Gasteiger partial charge on any atom is 0.200 e. The summed E-state index contributed by atoms with van der Waals surface area (Å²) >= 11 is 0. The molecule has 0 amide bonds. The minimum Gasteiger partial charge on any atom is -0.380 e. The molecule has 0 spiro atoms. The van der Waals surface area contributed by atoms with Crippen molar-refractivity contribution >= 4 is 11.5 Å². The van der Waals surface area contributed by atoms with E-state index in [-0.39, 0.29) is 0 Å². The van der Waals surface area contributed by atoms with Gasteiger partial charge in [-0.15, -0.1) is 14.8 Å². The summed E-state index contributed by atoms with van der Waals surface area (Å²) in [5.74, 6) is 0.719. The van der Waals surface area contributed by atoms with Gasteiger partial charge in [0.2, 0.25) is 0 Å². The number of tetrazole rings is 1. The number of ether oxygens (including phenoxy) is 1. The summed E-state index contributed by atoms with van der Waals surface area (Å²) in [5, 5.41) is 18.7. The average molecular weight is 270 g/mol. The third kappa shape index (κ3) is 2.57. The van der Waals surface area contributed by atoms with E-state index in [1.807, 2.05) is 24.3 Å². The second kappa shape index (κ2) is 5.62. The van der Waals surface area contributed by atoms with Gasteiger partial charge >= 0.3 is 0 Å². The van der Waals surface area contributed by atoms with Gasteiger partial charge in [-0.05, 0) is 33.7 Å². The lowest BCUT2D eigenvalue weighted by molar-refractivity contribution is 0.184. The first-order chi connectivity index (χ1) is 9.86. The molecule has 7 heteroatoms. The van der Waals surface area contributed by atoms with Gasteiger partial charge in [0.05, 0.1) is 6.61 Å². The molecule has 7 nitrogen and oxygen atoms in total. The van der Waals surface area contributed by atoms with Crippen LogP contribution in [0.15, 0.2) is 36.4 Å². The van der Waals surface area contributed by atoms with Crippen LogP contribution in [0.5, 0.6) is 0 Å². The van der Waals surface area contributed by atoms with Gasteiger partial charge in [-0.3, -0.25) is 0 Å². The van der Waals surface area contributed by atoms with Gasteiger partial charge in [-0.1, -0.05) is 24.3 Å². The summed E-state index contributed by atoms with van der Waals surface area (Å²) in [6.07, 6.45) is 0. The molecule has 102 valence electrons. The fraction of sp³-hybridized carbons (Fsp3) is 0.231. The Morgan fingerprint density at radius 3 is 2.85 bits per heavy atom. The highest BCUT2D eigenvalue weighted by atomic mass is 16.5. The van der Waals surface area contributed by atoms with Crippen LogP contribution in [-0.2, 0) is 17.9 Å². The monoisotopic (exact) mass is 270 g/mol. The minimum absolute atomic E-state index is 0.595. The smallest absolute Gasteiger partial charge is 0.200 e. The first kappa shape index (κ1) is 12.5. The van der Waals surface area contributed by atoms with E-state index in [2.05, 4.69) is 38.1 Å². The zero-order chi connectivity index (χ0) is 13.8. The highest BCUT2D eigenvalue weighted by molar-refractivity contribution is 5.43. The van der Waals surface area contributed by atoms with Crippen molar-refractivity contribution in [1.82, 2.24) is 25.3 Å². The molecule has 0 saturated carbocycles. The molecule has 1 N–H and O–H groups in total. The third-order valence-electron chi connectivity index (χ3n) is 2.95. The van der Waals surface area contributed by atoms with Gasteiger partial charge in [0.15, 0.2) is 5.65 Å². The number of anilines is 1. The van der Waals surface area contributed by atoms with Gasteiger partial charge in [-0.25, -0.2) is 0 Å². The largest absolute Gasteiger partial charge is 0.380 e. The fourth-order valence-electron chi connectivity index (χ4n) is 1.96. The van der Waals surface area contributed by atoms with Crippen LogP contribution in [0.3, 0.4) is 0 Å². The van der Waals surface area contributed by atoms with Crippen molar-refractivity contribution < 1.29 is 4.74 Å². The molecule has 0 radical (unpaired) electrons. The standard InChI is InChI=1S/C13H14N6O/c1-20-9-11-5-3-2-4-10(11)8-14-12-6-7-13-15-17-18-19(13)16-12/h2-7H,8-9H2,1H3,(H,14,16). The number of hydrogen-bond donors (Lipinski definition) is 1. The van der Waals surface area contributed by atoms with Crippen LogP contribution < -0.4 is 5.32 Å². The third-order valence-corrected chi connectivity index (χ3v) is 2.95. The lowest BCUT2D eigenvalue weighted by Crippen LogP contribution is -2.07. The van der Waals surface area contributed by atoms with E-state index < -0.39 is 0 Å². The van der Waals surface area contributed by atoms with Crippen LogP contribution in [0.4, 0.5) is 5.82 Å². The molecule has 0 bridgehead atoms. The number of aromatic nitrogens is 5. The number of benzene rings is 1. The number of methoxy groups -OCH3 is 1. The summed E-state index contributed by atoms with van der Waals surface area (Å²) in [4.78, 5) is 0. The van der Waals surface area contributed by atoms with E-state index >= 15 is 0 Å². The number of fused-ring (bicyclic) bond motifs is 1. The Kier molecular flexibility index (Phi) is 3.51. The van der Waals surface area contributed by atoms with Crippen LogP contribution in [0.25, 0.3) is 5.65 Å². The number of hydrogen-bond acceptors (Lipinski definition) is 6. The molecule has 20 heavy (non-hydrogen) atoms. The zero-order valence-corrected chi connectivity index (χ0v) is 11.0.